The van der Waals surface area contributed by atoms with Gasteiger partial charge in [0, 0.05) is 19.2 Å². The average Bonchev–Trinajstić information content (AvgIpc) is 2.67. The maximum absolute atomic E-state index is 13.0. The van der Waals surface area contributed by atoms with Gasteiger partial charge in [0.15, 0.2) is 0 Å². The molecule has 0 spiro atoms. The summed E-state index contributed by atoms with van der Waals surface area (Å²) < 4.78 is 18.3. The van der Waals surface area contributed by atoms with Crippen LogP contribution in [0.15, 0.2) is 18.2 Å². The lowest BCUT2D eigenvalue weighted by Crippen LogP contribution is -2.23. The Kier molecular flexibility index (Phi) is 3.91. The van der Waals surface area contributed by atoms with Gasteiger partial charge in [-0.1, -0.05) is 6.07 Å². The monoisotopic (exact) mass is 223 g/mol. The van der Waals surface area contributed by atoms with Crippen LogP contribution in [-0.4, -0.2) is 19.8 Å². The molecular weight excluding hydrogens is 205 g/mol. The Morgan fingerprint density at radius 3 is 3.19 bits per heavy atom. The highest BCUT2D eigenvalue weighted by atomic mass is 19.1. The maximum Gasteiger partial charge on any atom is 0.123 e. The van der Waals surface area contributed by atoms with Crippen molar-refractivity contribution in [2.24, 2.45) is 0 Å². The van der Waals surface area contributed by atoms with Crippen molar-refractivity contribution >= 4 is 0 Å². The third-order valence-corrected chi connectivity index (χ3v) is 3.02. The third kappa shape index (κ3) is 2.60. The van der Waals surface area contributed by atoms with Crippen molar-refractivity contribution in [2.75, 3.05) is 19.8 Å². The van der Waals surface area contributed by atoms with Crippen molar-refractivity contribution in [3.63, 3.8) is 0 Å². The van der Waals surface area contributed by atoms with Crippen LogP contribution in [0.4, 0.5) is 4.39 Å². The van der Waals surface area contributed by atoms with Crippen LogP contribution in [0.2, 0.25) is 0 Å². The van der Waals surface area contributed by atoms with E-state index in [2.05, 4.69) is 5.32 Å². The number of benzene rings is 1. The molecule has 88 valence electrons. The Hall–Kier alpha value is -0.930. The number of fused-ring (bicyclic) bond motifs is 1. The number of hydrogen-bond acceptors (Lipinski definition) is 2. The van der Waals surface area contributed by atoms with E-state index in [0.29, 0.717) is 6.04 Å². The molecule has 1 aliphatic carbocycles. The van der Waals surface area contributed by atoms with Gasteiger partial charge in [0.05, 0.1) is 6.61 Å². The molecule has 0 aliphatic heterocycles. The number of aryl methyl sites for hydroxylation is 1. The largest absolute Gasteiger partial charge is 0.380 e. The van der Waals surface area contributed by atoms with Crippen molar-refractivity contribution in [1.29, 1.82) is 0 Å². The molecule has 0 aromatic heterocycles. The predicted molar refractivity (Wildman–Crippen MR) is 62.0 cm³/mol. The Balaban J connectivity index is 1.91. The summed E-state index contributed by atoms with van der Waals surface area (Å²) in [5, 5.41) is 3.44. The van der Waals surface area contributed by atoms with E-state index in [0.717, 1.165) is 38.2 Å². The summed E-state index contributed by atoms with van der Waals surface area (Å²) in [5.41, 5.74) is 2.40. The molecule has 1 N–H and O–H groups in total. The van der Waals surface area contributed by atoms with Crippen LogP contribution in [0.25, 0.3) is 0 Å². The molecule has 1 aliphatic rings. The normalized spacial score (nSPS) is 18.8. The molecule has 1 aromatic rings. The second-order valence-corrected chi connectivity index (χ2v) is 4.09. The summed E-state index contributed by atoms with van der Waals surface area (Å²) in [4.78, 5) is 0. The lowest BCUT2D eigenvalue weighted by atomic mass is 10.1. The SMILES string of the molecule is CCOCCNC1CCc2cc(F)ccc21. The molecule has 1 aromatic carbocycles. The lowest BCUT2D eigenvalue weighted by Gasteiger charge is -2.13. The van der Waals surface area contributed by atoms with Gasteiger partial charge in [-0.15, -0.1) is 0 Å². The lowest BCUT2D eigenvalue weighted by molar-refractivity contribution is 0.147. The molecule has 3 heteroatoms. The quantitative estimate of drug-likeness (QED) is 0.774. The molecule has 0 amide bonds. The highest BCUT2D eigenvalue weighted by molar-refractivity contribution is 5.34. The Bertz CT molecular complexity index is 354. The van der Waals surface area contributed by atoms with E-state index in [-0.39, 0.29) is 5.82 Å². The van der Waals surface area contributed by atoms with Gasteiger partial charge in [-0.05, 0) is 43.0 Å². The van der Waals surface area contributed by atoms with E-state index in [1.807, 2.05) is 13.0 Å². The van der Waals surface area contributed by atoms with Crippen LogP contribution in [-0.2, 0) is 11.2 Å². The van der Waals surface area contributed by atoms with E-state index in [1.165, 1.54) is 5.56 Å². The molecule has 16 heavy (non-hydrogen) atoms. The first-order chi connectivity index (χ1) is 7.81. The molecule has 2 rings (SSSR count). The zero-order valence-electron chi connectivity index (χ0n) is 9.63. The molecule has 1 unspecified atom stereocenters. The topological polar surface area (TPSA) is 21.3 Å². The van der Waals surface area contributed by atoms with Crippen molar-refractivity contribution in [3.8, 4) is 0 Å². The zero-order valence-corrected chi connectivity index (χ0v) is 9.63. The molecule has 0 radical (unpaired) electrons. The Labute approximate surface area is 95.8 Å². The van der Waals surface area contributed by atoms with Gasteiger partial charge in [0.1, 0.15) is 5.82 Å². The maximum atomic E-state index is 13.0. The van der Waals surface area contributed by atoms with Crippen molar-refractivity contribution < 1.29 is 9.13 Å². The fourth-order valence-corrected chi connectivity index (χ4v) is 2.25. The molecular formula is C13H18FNO. The Morgan fingerprint density at radius 1 is 1.50 bits per heavy atom. The highest BCUT2D eigenvalue weighted by Crippen LogP contribution is 2.31. The molecule has 0 fully saturated rings. The summed E-state index contributed by atoms with van der Waals surface area (Å²) >= 11 is 0. The number of nitrogens with one attached hydrogen (secondary N) is 1. The summed E-state index contributed by atoms with van der Waals surface area (Å²) in [6, 6.07) is 5.47. The van der Waals surface area contributed by atoms with E-state index in [9.17, 15) is 4.39 Å². The molecule has 1 atom stereocenters. The van der Waals surface area contributed by atoms with Gasteiger partial charge < -0.3 is 10.1 Å². The molecule has 2 nitrogen and oxygen atoms in total. The van der Waals surface area contributed by atoms with E-state index in [1.54, 1.807) is 12.1 Å². The molecule has 0 heterocycles. The Morgan fingerprint density at radius 2 is 2.38 bits per heavy atom. The zero-order chi connectivity index (χ0) is 11.4. The minimum absolute atomic E-state index is 0.131. The highest BCUT2D eigenvalue weighted by Gasteiger charge is 2.21. The van der Waals surface area contributed by atoms with Crippen LogP contribution in [0, 0.1) is 5.82 Å². The van der Waals surface area contributed by atoms with Gasteiger partial charge >= 0.3 is 0 Å². The third-order valence-electron chi connectivity index (χ3n) is 3.02. The fraction of sp³-hybridized carbons (Fsp3) is 0.538. The second kappa shape index (κ2) is 5.41. The first kappa shape index (κ1) is 11.6. The standard InChI is InChI=1S/C13H18FNO/c1-2-16-8-7-15-13-6-3-10-9-11(14)4-5-12(10)13/h4-5,9,13,15H,2-3,6-8H2,1H3. The fourth-order valence-electron chi connectivity index (χ4n) is 2.25. The number of hydrogen-bond donors (Lipinski definition) is 1. The van der Waals surface area contributed by atoms with Crippen molar-refractivity contribution in [2.45, 2.75) is 25.8 Å². The van der Waals surface area contributed by atoms with Crippen molar-refractivity contribution in [1.82, 2.24) is 5.32 Å². The van der Waals surface area contributed by atoms with Crippen molar-refractivity contribution in [3.05, 3.63) is 35.1 Å². The summed E-state index contributed by atoms with van der Waals surface area (Å²) in [6.45, 7) is 4.35. The predicted octanol–water partition coefficient (Wildman–Crippen LogP) is 2.44. The van der Waals surface area contributed by atoms with E-state index < -0.39 is 0 Å². The van der Waals surface area contributed by atoms with Crippen LogP contribution >= 0.6 is 0 Å². The van der Waals surface area contributed by atoms with Gasteiger partial charge in [0.25, 0.3) is 0 Å². The summed E-state index contributed by atoms with van der Waals surface area (Å²) in [7, 11) is 0. The minimum atomic E-state index is -0.131. The first-order valence-electron chi connectivity index (χ1n) is 5.90. The first-order valence-corrected chi connectivity index (χ1v) is 5.90. The molecule has 0 bridgehead atoms. The van der Waals surface area contributed by atoms with Crippen LogP contribution in [0.1, 0.15) is 30.5 Å². The number of halogens is 1. The summed E-state index contributed by atoms with van der Waals surface area (Å²) in [6.07, 6.45) is 2.03. The molecule has 0 saturated carbocycles. The number of ether oxygens (including phenoxy) is 1. The summed E-state index contributed by atoms with van der Waals surface area (Å²) in [5.74, 6) is -0.131. The van der Waals surface area contributed by atoms with Gasteiger partial charge in [-0.25, -0.2) is 4.39 Å². The molecule has 0 saturated heterocycles. The van der Waals surface area contributed by atoms with Crippen LogP contribution < -0.4 is 5.32 Å². The van der Waals surface area contributed by atoms with Crippen LogP contribution in [0.3, 0.4) is 0 Å². The van der Waals surface area contributed by atoms with E-state index >= 15 is 0 Å². The minimum Gasteiger partial charge on any atom is -0.380 e. The van der Waals surface area contributed by atoms with Gasteiger partial charge in [-0.3, -0.25) is 0 Å². The van der Waals surface area contributed by atoms with E-state index in [4.69, 9.17) is 4.74 Å². The van der Waals surface area contributed by atoms with Gasteiger partial charge in [0.2, 0.25) is 0 Å². The van der Waals surface area contributed by atoms with Gasteiger partial charge in [-0.2, -0.15) is 0 Å². The smallest absolute Gasteiger partial charge is 0.123 e. The van der Waals surface area contributed by atoms with Crippen LogP contribution in [0.5, 0.6) is 0 Å². The number of rotatable bonds is 5. The second-order valence-electron chi connectivity index (χ2n) is 4.09. The average molecular weight is 223 g/mol.